The maximum Gasteiger partial charge on any atom is 0.161 e. The molecular formula is C20H30N4O3. The van der Waals surface area contributed by atoms with E-state index >= 15 is 0 Å². The van der Waals surface area contributed by atoms with Crippen molar-refractivity contribution < 1.29 is 14.2 Å². The van der Waals surface area contributed by atoms with Crippen LogP contribution in [0.5, 0.6) is 11.5 Å². The molecule has 1 aliphatic rings. The zero-order valence-corrected chi connectivity index (χ0v) is 16.6. The van der Waals surface area contributed by atoms with Crippen molar-refractivity contribution in [2.75, 3.05) is 21.3 Å². The third kappa shape index (κ3) is 4.25. The van der Waals surface area contributed by atoms with Gasteiger partial charge in [-0.15, -0.1) is 0 Å². The predicted octanol–water partition coefficient (Wildman–Crippen LogP) is 2.52. The van der Waals surface area contributed by atoms with Crippen molar-refractivity contribution >= 4 is 0 Å². The number of rotatable bonds is 7. The third-order valence-corrected chi connectivity index (χ3v) is 5.36. The highest BCUT2D eigenvalue weighted by Gasteiger charge is 2.31. The lowest BCUT2D eigenvalue weighted by Gasteiger charge is -2.32. The van der Waals surface area contributed by atoms with Gasteiger partial charge in [0.15, 0.2) is 17.3 Å². The zero-order chi connectivity index (χ0) is 19.4. The summed E-state index contributed by atoms with van der Waals surface area (Å²) in [4.78, 5) is 4.87. The van der Waals surface area contributed by atoms with Gasteiger partial charge in [0.25, 0.3) is 0 Å². The van der Waals surface area contributed by atoms with Crippen molar-refractivity contribution in [3.63, 3.8) is 0 Å². The molecule has 148 valence electrons. The maximum atomic E-state index is 6.29. The van der Waals surface area contributed by atoms with Gasteiger partial charge in [0.1, 0.15) is 5.82 Å². The van der Waals surface area contributed by atoms with Gasteiger partial charge in [-0.3, -0.25) is 0 Å². The van der Waals surface area contributed by atoms with Gasteiger partial charge >= 0.3 is 0 Å². The van der Waals surface area contributed by atoms with E-state index in [-0.39, 0.29) is 12.1 Å². The Bertz CT molecular complexity index is 762. The Hall–Kier alpha value is -2.12. The molecule has 0 bridgehead atoms. The molecule has 1 heterocycles. The lowest BCUT2D eigenvalue weighted by atomic mass is 9.83. The quantitative estimate of drug-likeness (QED) is 0.802. The van der Waals surface area contributed by atoms with Crippen molar-refractivity contribution in [3.8, 4) is 11.5 Å². The molecule has 0 spiro atoms. The second-order valence-electron chi connectivity index (χ2n) is 7.02. The second-order valence-corrected chi connectivity index (χ2v) is 7.02. The third-order valence-electron chi connectivity index (χ3n) is 5.36. The standard InChI is InChI=1S/C20H30N4O3/c1-5-24-20(14-7-9-16(25-2)15(21)12-14)22-19(23-24)11-13-6-8-17(26-3)18(10-13)27-4/h6,8,10,14-16H,5,7,9,11-12,21H2,1-4H3/t14-,15+,16+/m0/s1. The minimum atomic E-state index is 0.0463. The number of benzene rings is 1. The highest BCUT2D eigenvalue weighted by atomic mass is 16.5. The highest BCUT2D eigenvalue weighted by Crippen LogP contribution is 2.33. The molecule has 1 aromatic heterocycles. The van der Waals surface area contributed by atoms with E-state index in [9.17, 15) is 0 Å². The fourth-order valence-electron chi connectivity index (χ4n) is 3.89. The summed E-state index contributed by atoms with van der Waals surface area (Å²) >= 11 is 0. The molecule has 0 aliphatic heterocycles. The van der Waals surface area contributed by atoms with Crippen molar-refractivity contribution in [1.82, 2.24) is 14.8 Å². The molecule has 0 saturated heterocycles. The molecule has 2 aromatic rings. The molecule has 3 atom stereocenters. The normalized spacial score (nSPS) is 22.6. The molecule has 0 amide bonds. The lowest BCUT2D eigenvalue weighted by molar-refractivity contribution is 0.0480. The van der Waals surface area contributed by atoms with Gasteiger partial charge < -0.3 is 19.9 Å². The number of methoxy groups -OCH3 is 3. The Kier molecular flexibility index (Phi) is 6.34. The van der Waals surface area contributed by atoms with E-state index in [1.165, 1.54) is 0 Å². The molecule has 1 fully saturated rings. The Morgan fingerprint density at radius 2 is 1.93 bits per heavy atom. The molecule has 0 radical (unpaired) electrons. The minimum absolute atomic E-state index is 0.0463. The van der Waals surface area contributed by atoms with E-state index in [1.807, 2.05) is 22.9 Å². The first-order chi connectivity index (χ1) is 13.1. The van der Waals surface area contributed by atoms with Crippen LogP contribution in [0.1, 0.15) is 49.3 Å². The van der Waals surface area contributed by atoms with Crippen molar-refractivity contribution in [2.45, 2.75) is 57.2 Å². The van der Waals surface area contributed by atoms with Gasteiger partial charge in [0.2, 0.25) is 0 Å². The summed E-state index contributed by atoms with van der Waals surface area (Å²) in [5.41, 5.74) is 7.38. The Morgan fingerprint density at radius 3 is 2.56 bits per heavy atom. The zero-order valence-electron chi connectivity index (χ0n) is 16.6. The van der Waals surface area contributed by atoms with Gasteiger partial charge in [0, 0.05) is 32.0 Å². The summed E-state index contributed by atoms with van der Waals surface area (Å²) in [6.45, 7) is 2.90. The van der Waals surface area contributed by atoms with Gasteiger partial charge in [-0.1, -0.05) is 6.07 Å². The molecule has 2 N–H and O–H groups in total. The Labute approximate surface area is 160 Å². The molecule has 7 nitrogen and oxygen atoms in total. The summed E-state index contributed by atoms with van der Waals surface area (Å²) in [6.07, 6.45) is 3.67. The van der Waals surface area contributed by atoms with E-state index in [1.54, 1.807) is 21.3 Å². The number of nitrogens with zero attached hydrogens (tertiary/aromatic N) is 3. The van der Waals surface area contributed by atoms with E-state index < -0.39 is 0 Å². The number of ether oxygens (including phenoxy) is 3. The van der Waals surface area contributed by atoms with Crippen LogP contribution in [0.25, 0.3) is 0 Å². The van der Waals surface area contributed by atoms with Crippen molar-refractivity contribution in [3.05, 3.63) is 35.4 Å². The average molecular weight is 374 g/mol. The molecular weight excluding hydrogens is 344 g/mol. The van der Waals surface area contributed by atoms with Gasteiger partial charge in [-0.2, -0.15) is 5.10 Å². The van der Waals surface area contributed by atoms with Gasteiger partial charge in [-0.25, -0.2) is 9.67 Å². The molecule has 0 unspecified atom stereocenters. The van der Waals surface area contributed by atoms with Crippen LogP contribution in [0, 0.1) is 0 Å². The molecule has 27 heavy (non-hydrogen) atoms. The topological polar surface area (TPSA) is 84.4 Å². The first-order valence-corrected chi connectivity index (χ1v) is 9.52. The van der Waals surface area contributed by atoms with E-state index in [4.69, 9.17) is 30.0 Å². The Balaban J connectivity index is 1.79. The van der Waals surface area contributed by atoms with Crippen LogP contribution in [0.2, 0.25) is 0 Å². The molecule has 1 aliphatic carbocycles. The fraction of sp³-hybridized carbons (Fsp3) is 0.600. The second kappa shape index (κ2) is 8.71. The van der Waals surface area contributed by atoms with Crippen LogP contribution in [0.15, 0.2) is 18.2 Å². The molecule has 7 heteroatoms. The van der Waals surface area contributed by atoms with Crippen LogP contribution in [0.3, 0.4) is 0 Å². The monoisotopic (exact) mass is 374 g/mol. The molecule has 3 rings (SSSR count). The Morgan fingerprint density at radius 1 is 1.15 bits per heavy atom. The number of nitrogens with two attached hydrogens (primary N) is 1. The van der Waals surface area contributed by atoms with E-state index in [0.29, 0.717) is 18.1 Å². The summed E-state index contributed by atoms with van der Waals surface area (Å²) in [7, 11) is 5.02. The number of hydrogen-bond acceptors (Lipinski definition) is 6. The van der Waals surface area contributed by atoms with Crippen LogP contribution in [-0.2, 0) is 17.7 Å². The summed E-state index contributed by atoms with van der Waals surface area (Å²) < 4.78 is 18.2. The van der Waals surface area contributed by atoms with Gasteiger partial charge in [0.05, 0.1) is 20.3 Å². The lowest BCUT2D eigenvalue weighted by Crippen LogP contribution is -2.41. The number of aromatic nitrogens is 3. The summed E-state index contributed by atoms with van der Waals surface area (Å²) in [5, 5.41) is 4.72. The van der Waals surface area contributed by atoms with Gasteiger partial charge in [-0.05, 0) is 43.9 Å². The van der Waals surface area contributed by atoms with Crippen molar-refractivity contribution in [2.24, 2.45) is 5.73 Å². The molecule has 1 aromatic carbocycles. The first kappa shape index (κ1) is 19.6. The molecule has 1 saturated carbocycles. The van der Waals surface area contributed by atoms with Crippen LogP contribution >= 0.6 is 0 Å². The number of hydrogen-bond donors (Lipinski definition) is 1. The predicted molar refractivity (Wildman–Crippen MR) is 103 cm³/mol. The van der Waals surface area contributed by atoms with Crippen molar-refractivity contribution in [1.29, 1.82) is 0 Å². The van der Waals surface area contributed by atoms with E-state index in [2.05, 4.69) is 6.92 Å². The van der Waals surface area contributed by atoms with E-state index in [0.717, 1.165) is 48.8 Å². The average Bonchev–Trinajstić information content (AvgIpc) is 3.10. The fourth-order valence-corrected chi connectivity index (χ4v) is 3.89. The minimum Gasteiger partial charge on any atom is -0.493 e. The van der Waals surface area contributed by atoms with Crippen LogP contribution in [-0.4, -0.2) is 48.2 Å². The summed E-state index contributed by atoms with van der Waals surface area (Å²) in [6, 6.07) is 5.96. The van der Waals surface area contributed by atoms with Crippen LogP contribution < -0.4 is 15.2 Å². The highest BCUT2D eigenvalue weighted by molar-refractivity contribution is 5.43. The smallest absolute Gasteiger partial charge is 0.161 e. The maximum absolute atomic E-state index is 6.29. The first-order valence-electron chi connectivity index (χ1n) is 9.52. The summed E-state index contributed by atoms with van der Waals surface area (Å²) in [5.74, 6) is 3.63. The van der Waals surface area contributed by atoms with Crippen LogP contribution in [0.4, 0.5) is 0 Å². The number of aryl methyl sites for hydroxylation is 1. The largest absolute Gasteiger partial charge is 0.493 e. The SMILES string of the molecule is CCn1nc(Cc2ccc(OC)c(OC)c2)nc1[C@H]1CC[C@@H](OC)[C@H](N)C1.